The molecule has 0 saturated carbocycles. The van der Waals surface area contributed by atoms with Gasteiger partial charge in [0, 0.05) is 30.1 Å². The Hall–Kier alpha value is -1.95. The van der Waals surface area contributed by atoms with Gasteiger partial charge < -0.3 is 5.73 Å². The fourth-order valence-electron chi connectivity index (χ4n) is 1.44. The summed E-state index contributed by atoms with van der Waals surface area (Å²) in [5.41, 5.74) is 5.73. The van der Waals surface area contributed by atoms with Crippen molar-refractivity contribution in [1.82, 2.24) is 9.97 Å². The quantitative estimate of drug-likeness (QED) is 0.895. The highest BCUT2D eigenvalue weighted by atomic mass is 19.4. The zero-order valence-corrected chi connectivity index (χ0v) is 9.28. The predicted octanol–water partition coefficient (Wildman–Crippen LogP) is 2.62. The number of halogens is 3. The SMILES string of the molecule is NCc1cnc(-c2cccc(C(F)(F)F)c2)nc1. The van der Waals surface area contributed by atoms with Crippen molar-refractivity contribution in [3.8, 4) is 11.4 Å². The number of hydrogen-bond donors (Lipinski definition) is 1. The molecule has 1 aromatic heterocycles. The van der Waals surface area contributed by atoms with E-state index in [0.29, 0.717) is 12.1 Å². The summed E-state index contributed by atoms with van der Waals surface area (Å²) in [7, 11) is 0. The molecular formula is C12H10F3N3. The van der Waals surface area contributed by atoms with Crippen LogP contribution in [0.1, 0.15) is 11.1 Å². The monoisotopic (exact) mass is 253 g/mol. The van der Waals surface area contributed by atoms with Crippen molar-refractivity contribution >= 4 is 0 Å². The number of aromatic nitrogens is 2. The van der Waals surface area contributed by atoms with E-state index in [1.54, 1.807) is 0 Å². The van der Waals surface area contributed by atoms with Gasteiger partial charge in [0.2, 0.25) is 0 Å². The van der Waals surface area contributed by atoms with Crippen LogP contribution in [0.2, 0.25) is 0 Å². The Morgan fingerprint density at radius 2 is 1.78 bits per heavy atom. The molecule has 0 radical (unpaired) electrons. The first-order chi connectivity index (χ1) is 8.50. The lowest BCUT2D eigenvalue weighted by molar-refractivity contribution is -0.137. The van der Waals surface area contributed by atoms with E-state index in [-0.39, 0.29) is 5.82 Å². The first-order valence-corrected chi connectivity index (χ1v) is 5.19. The average molecular weight is 253 g/mol. The molecule has 2 N–H and O–H groups in total. The normalized spacial score (nSPS) is 11.6. The topological polar surface area (TPSA) is 51.8 Å². The molecule has 18 heavy (non-hydrogen) atoms. The van der Waals surface area contributed by atoms with E-state index >= 15 is 0 Å². The highest BCUT2D eigenvalue weighted by Gasteiger charge is 2.30. The summed E-state index contributed by atoms with van der Waals surface area (Å²) >= 11 is 0. The molecule has 0 aliphatic heterocycles. The Morgan fingerprint density at radius 3 is 2.33 bits per heavy atom. The molecule has 2 rings (SSSR count). The molecule has 0 amide bonds. The second-order valence-corrected chi connectivity index (χ2v) is 3.70. The lowest BCUT2D eigenvalue weighted by atomic mass is 10.1. The number of nitrogens with zero attached hydrogens (tertiary/aromatic N) is 2. The smallest absolute Gasteiger partial charge is 0.326 e. The maximum absolute atomic E-state index is 12.5. The lowest BCUT2D eigenvalue weighted by Gasteiger charge is -2.08. The van der Waals surface area contributed by atoms with Crippen LogP contribution >= 0.6 is 0 Å². The van der Waals surface area contributed by atoms with Gasteiger partial charge in [-0.15, -0.1) is 0 Å². The van der Waals surface area contributed by atoms with E-state index in [1.165, 1.54) is 24.5 Å². The Balaban J connectivity index is 2.38. The largest absolute Gasteiger partial charge is 0.416 e. The number of benzene rings is 1. The molecule has 0 aliphatic rings. The molecule has 0 atom stereocenters. The van der Waals surface area contributed by atoms with Crippen LogP contribution in [-0.2, 0) is 12.7 Å². The molecule has 0 saturated heterocycles. The molecule has 6 heteroatoms. The van der Waals surface area contributed by atoms with Crippen LogP contribution < -0.4 is 5.73 Å². The van der Waals surface area contributed by atoms with Crippen molar-refractivity contribution in [2.45, 2.75) is 12.7 Å². The van der Waals surface area contributed by atoms with Gasteiger partial charge in [-0.25, -0.2) is 9.97 Å². The second-order valence-electron chi connectivity index (χ2n) is 3.70. The van der Waals surface area contributed by atoms with Crippen molar-refractivity contribution in [1.29, 1.82) is 0 Å². The molecule has 0 unspecified atom stereocenters. The van der Waals surface area contributed by atoms with Crippen molar-refractivity contribution in [3.63, 3.8) is 0 Å². The van der Waals surface area contributed by atoms with Crippen molar-refractivity contribution in [2.75, 3.05) is 0 Å². The van der Waals surface area contributed by atoms with Gasteiger partial charge in [-0.05, 0) is 12.1 Å². The van der Waals surface area contributed by atoms with Crippen molar-refractivity contribution in [2.24, 2.45) is 5.73 Å². The summed E-state index contributed by atoms with van der Waals surface area (Å²) < 4.78 is 37.6. The summed E-state index contributed by atoms with van der Waals surface area (Å²) in [6.07, 6.45) is -1.36. The highest BCUT2D eigenvalue weighted by Crippen LogP contribution is 2.31. The molecule has 0 bridgehead atoms. The Labute approximate surface area is 101 Å². The third kappa shape index (κ3) is 2.65. The summed E-state index contributed by atoms with van der Waals surface area (Å²) in [6, 6.07) is 4.90. The van der Waals surface area contributed by atoms with Gasteiger partial charge in [0.25, 0.3) is 0 Å². The zero-order valence-electron chi connectivity index (χ0n) is 9.28. The van der Waals surface area contributed by atoms with Crippen LogP contribution in [0.25, 0.3) is 11.4 Å². The summed E-state index contributed by atoms with van der Waals surface area (Å²) in [5, 5.41) is 0. The fourth-order valence-corrected chi connectivity index (χ4v) is 1.44. The molecule has 0 aliphatic carbocycles. The van der Waals surface area contributed by atoms with Gasteiger partial charge in [-0.1, -0.05) is 12.1 Å². The van der Waals surface area contributed by atoms with Crippen LogP contribution in [0.5, 0.6) is 0 Å². The zero-order chi connectivity index (χ0) is 13.2. The van der Waals surface area contributed by atoms with Crippen LogP contribution in [0.3, 0.4) is 0 Å². The van der Waals surface area contributed by atoms with Gasteiger partial charge in [0.1, 0.15) is 0 Å². The standard InChI is InChI=1S/C12H10F3N3/c13-12(14,15)10-3-1-2-9(4-10)11-17-6-8(5-16)7-18-11/h1-4,6-7H,5,16H2. The minimum atomic E-state index is -4.37. The van der Waals surface area contributed by atoms with Crippen LogP contribution in [-0.4, -0.2) is 9.97 Å². The van der Waals surface area contributed by atoms with E-state index in [0.717, 1.165) is 17.7 Å². The van der Waals surface area contributed by atoms with Gasteiger partial charge >= 0.3 is 6.18 Å². The molecule has 3 nitrogen and oxygen atoms in total. The summed E-state index contributed by atoms with van der Waals surface area (Å²) in [4.78, 5) is 7.97. The minimum absolute atomic E-state index is 0.248. The molecule has 94 valence electrons. The highest BCUT2D eigenvalue weighted by molar-refractivity contribution is 5.56. The number of alkyl halides is 3. The van der Waals surface area contributed by atoms with E-state index in [1.807, 2.05) is 0 Å². The predicted molar refractivity (Wildman–Crippen MR) is 60.4 cm³/mol. The van der Waals surface area contributed by atoms with Crippen molar-refractivity contribution in [3.05, 3.63) is 47.8 Å². The lowest BCUT2D eigenvalue weighted by Crippen LogP contribution is -2.05. The molecule has 0 fully saturated rings. The maximum atomic E-state index is 12.5. The average Bonchev–Trinajstić information content (AvgIpc) is 2.38. The van der Waals surface area contributed by atoms with Gasteiger partial charge in [-0.2, -0.15) is 13.2 Å². The third-order valence-electron chi connectivity index (χ3n) is 2.39. The van der Waals surface area contributed by atoms with Gasteiger partial charge in [0.05, 0.1) is 5.56 Å². The Morgan fingerprint density at radius 1 is 1.11 bits per heavy atom. The molecule has 1 heterocycles. The minimum Gasteiger partial charge on any atom is -0.326 e. The summed E-state index contributed by atoms with van der Waals surface area (Å²) in [5.74, 6) is 0.248. The van der Waals surface area contributed by atoms with Crippen LogP contribution in [0.15, 0.2) is 36.7 Å². The number of nitrogens with two attached hydrogens (primary N) is 1. The van der Waals surface area contributed by atoms with Crippen molar-refractivity contribution < 1.29 is 13.2 Å². The third-order valence-corrected chi connectivity index (χ3v) is 2.39. The molecule has 1 aromatic carbocycles. The van der Waals surface area contributed by atoms with Crippen LogP contribution in [0, 0.1) is 0 Å². The fraction of sp³-hybridized carbons (Fsp3) is 0.167. The Kier molecular flexibility index (Phi) is 3.29. The second kappa shape index (κ2) is 4.73. The van der Waals surface area contributed by atoms with E-state index in [4.69, 9.17) is 5.73 Å². The maximum Gasteiger partial charge on any atom is 0.416 e. The molecule has 0 spiro atoms. The van der Waals surface area contributed by atoms with Crippen LogP contribution in [0.4, 0.5) is 13.2 Å². The summed E-state index contributed by atoms with van der Waals surface area (Å²) in [6.45, 7) is 0.295. The van der Waals surface area contributed by atoms with Gasteiger partial charge in [0.15, 0.2) is 5.82 Å². The van der Waals surface area contributed by atoms with E-state index < -0.39 is 11.7 Å². The van der Waals surface area contributed by atoms with E-state index in [9.17, 15) is 13.2 Å². The Bertz CT molecular complexity index is 535. The first kappa shape index (κ1) is 12.5. The first-order valence-electron chi connectivity index (χ1n) is 5.19. The van der Waals surface area contributed by atoms with Gasteiger partial charge in [-0.3, -0.25) is 0 Å². The molecule has 2 aromatic rings. The number of rotatable bonds is 2. The molecular weight excluding hydrogens is 243 g/mol. The number of hydrogen-bond acceptors (Lipinski definition) is 3. The van der Waals surface area contributed by atoms with E-state index in [2.05, 4.69) is 9.97 Å².